The molecule has 0 aromatic carbocycles. The van der Waals surface area contributed by atoms with Gasteiger partial charge in [-0.15, -0.1) is 11.3 Å². The minimum atomic E-state index is 0.0662. The average Bonchev–Trinajstić information content (AvgIpc) is 3.39. The summed E-state index contributed by atoms with van der Waals surface area (Å²) in [6, 6.07) is 3.82. The smallest absolute Gasteiger partial charge is 0.261 e. The van der Waals surface area contributed by atoms with Crippen LogP contribution in [0.2, 0.25) is 0 Å². The van der Waals surface area contributed by atoms with Crippen molar-refractivity contribution in [3.63, 3.8) is 0 Å². The second-order valence-corrected chi connectivity index (χ2v) is 9.02. The Morgan fingerprint density at radius 2 is 2.15 bits per heavy atom. The molecule has 2 aromatic rings. The van der Waals surface area contributed by atoms with Gasteiger partial charge in [0.2, 0.25) is 0 Å². The molecule has 2 fully saturated rings. The van der Waals surface area contributed by atoms with Gasteiger partial charge in [0.25, 0.3) is 5.91 Å². The van der Waals surface area contributed by atoms with Gasteiger partial charge in [-0.2, -0.15) is 5.10 Å². The Bertz CT molecular complexity index is 720. The molecule has 1 saturated heterocycles. The van der Waals surface area contributed by atoms with Crippen molar-refractivity contribution in [1.29, 1.82) is 0 Å². The lowest BCUT2D eigenvalue weighted by molar-refractivity contribution is 0.0934. The molecular formula is C21H30N4OS. The van der Waals surface area contributed by atoms with E-state index in [2.05, 4.69) is 20.4 Å². The SMILES string of the molecule is O=C(NC[C@@H]1CCCN(Cc2cn[nH]c2C2CCCCC2)C1)c1cccs1. The normalized spacial score (nSPS) is 22.0. The first-order valence-electron chi connectivity index (χ1n) is 10.4. The van der Waals surface area contributed by atoms with Gasteiger partial charge in [0.05, 0.1) is 11.1 Å². The summed E-state index contributed by atoms with van der Waals surface area (Å²) in [5.41, 5.74) is 2.76. The van der Waals surface area contributed by atoms with Crippen LogP contribution in [-0.2, 0) is 6.54 Å². The van der Waals surface area contributed by atoms with Crippen molar-refractivity contribution in [3.8, 4) is 0 Å². The van der Waals surface area contributed by atoms with E-state index in [0.29, 0.717) is 11.8 Å². The standard InChI is InChI=1S/C21H30N4OS/c26-21(19-9-5-11-27-19)22-12-16-6-4-10-25(14-16)15-18-13-23-24-20(18)17-7-2-1-3-8-17/h5,9,11,13,16-17H,1-4,6-8,10,12,14-15H2,(H,22,26)(H,23,24)/t16-/m0/s1. The Labute approximate surface area is 165 Å². The van der Waals surface area contributed by atoms with E-state index in [4.69, 9.17) is 0 Å². The predicted octanol–water partition coefficient (Wildman–Crippen LogP) is 4.16. The fraction of sp³-hybridized carbons (Fsp3) is 0.619. The molecule has 0 unspecified atom stereocenters. The van der Waals surface area contributed by atoms with E-state index in [9.17, 15) is 4.79 Å². The first kappa shape index (κ1) is 18.7. The Morgan fingerprint density at radius 1 is 1.26 bits per heavy atom. The van der Waals surface area contributed by atoms with Crippen LogP contribution in [0.4, 0.5) is 0 Å². The number of aromatic nitrogens is 2. The number of nitrogens with zero attached hydrogens (tertiary/aromatic N) is 2. The highest BCUT2D eigenvalue weighted by atomic mass is 32.1. The zero-order chi connectivity index (χ0) is 18.5. The van der Waals surface area contributed by atoms with Crippen LogP contribution in [0.5, 0.6) is 0 Å². The quantitative estimate of drug-likeness (QED) is 0.784. The summed E-state index contributed by atoms with van der Waals surface area (Å²) in [6.45, 7) is 3.95. The molecule has 4 rings (SSSR count). The Morgan fingerprint density at radius 3 is 2.96 bits per heavy atom. The van der Waals surface area contributed by atoms with Crippen molar-refractivity contribution in [2.45, 2.75) is 57.4 Å². The highest BCUT2D eigenvalue weighted by Crippen LogP contribution is 2.33. The van der Waals surface area contributed by atoms with Crippen LogP contribution in [0.25, 0.3) is 0 Å². The molecule has 0 bridgehead atoms. The number of amides is 1. The minimum Gasteiger partial charge on any atom is -0.351 e. The molecule has 3 heterocycles. The number of carbonyl (C=O) groups excluding carboxylic acids is 1. The topological polar surface area (TPSA) is 61.0 Å². The maximum absolute atomic E-state index is 12.2. The summed E-state index contributed by atoms with van der Waals surface area (Å²) in [5, 5.41) is 12.7. The first-order valence-corrected chi connectivity index (χ1v) is 11.2. The summed E-state index contributed by atoms with van der Waals surface area (Å²) in [7, 11) is 0. The second kappa shape index (κ2) is 9.02. The van der Waals surface area contributed by atoms with Crippen molar-refractivity contribution in [3.05, 3.63) is 39.8 Å². The van der Waals surface area contributed by atoms with Gasteiger partial charge in [-0.25, -0.2) is 0 Å². The summed E-state index contributed by atoms with van der Waals surface area (Å²) < 4.78 is 0. The highest BCUT2D eigenvalue weighted by Gasteiger charge is 2.24. The molecule has 1 aliphatic carbocycles. The van der Waals surface area contributed by atoms with E-state index in [1.54, 1.807) is 0 Å². The molecule has 1 amide bonds. The third-order valence-electron chi connectivity index (χ3n) is 6.06. The molecule has 6 heteroatoms. The van der Waals surface area contributed by atoms with Crippen molar-refractivity contribution >= 4 is 17.2 Å². The monoisotopic (exact) mass is 386 g/mol. The van der Waals surface area contributed by atoms with Gasteiger partial charge in [0, 0.05) is 36.8 Å². The van der Waals surface area contributed by atoms with Crippen LogP contribution >= 0.6 is 11.3 Å². The maximum Gasteiger partial charge on any atom is 0.261 e. The number of hydrogen-bond acceptors (Lipinski definition) is 4. The van der Waals surface area contributed by atoms with Crippen LogP contribution in [0.3, 0.4) is 0 Å². The molecule has 2 aromatic heterocycles. The van der Waals surface area contributed by atoms with Crippen molar-refractivity contribution in [2.24, 2.45) is 5.92 Å². The number of aromatic amines is 1. The second-order valence-electron chi connectivity index (χ2n) is 8.07. The first-order chi connectivity index (χ1) is 13.3. The molecular weight excluding hydrogens is 356 g/mol. The number of likely N-dealkylation sites (tertiary alicyclic amines) is 1. The summed E-state index contributed by atoms with van der Waals surface area (Å²) in [6.07, 6.45) is 11.1. The van der Waals surface area contributed by atoms with Crippen LogP contribution in [0.1, 0.15) is 71.8 Å². The molecule has 5 nitrogen and oxygen atoms in total. The van der Waals surface area contributed by atoms with Gasteiger partial charge in [-0.3, -0.25) is 14.8 Å². The minimum absolute atomic E-state index is 0.0662. The summed E-state index contributed by atoms with van der Waals surface area (Å²) in [4.78, 5) is 15.5. The summed E-state index contributed by atoms with van der Waals surface area (Å²) in [5.74, 6) is 1.27. The molecule has 1 atom stereocenters. The largest absolute Gasteiger partial charge is 0.351 e. The fourth-order valence-corrected chi connectivity index (χ4v) is 5.27. The number of nitrogens with one attached hydrogen (secondary N) is 2. The van der Waals surface area contributed by atoms with Crippen molar-refractivity contribution in [2.75, 3.05) is 19.6 Å². The van der Waals surface area contributed by atoms with Crippen LogP contribution in [0, 0.1) is 5.92 Å². The van der Waals surface area contributed by atoms with E-state index in [-0.39, 0.29) is 5.91 Å². The van der Waals surface area contributed by atoms with Gasteiger partial charge in [-0.05, 0) is 49.6 Å². The number of thiophene rings is 1. The fourth-order valence-electron chi connectivity index (χ4n) is 4.63. The number of carbonyl (C=O) groups is 1. The number of rotatable bonds is 6. The molecule has 146 valence electrons. The number of hydrogen-bond donors (Lipinski definition) is 2. The van der Waals surface area contributed by atoms with Crippen LogP contribution in [-0.4, -0.2) is 40.6 Å². The molecule has 0 radical (unpaired) electrons. The third-order valence-corrected chi connectivity index (χ3v) is 6.93. The predicted molar refractivity (Wildman–Crippen MR) is 109 cm³/mol. The van der Waals surface area contributed by atoms with Crippen molar-refractivity contribution in [1.82, 2.24) is 20.4 Å². The van der Waals surface area contributed by atoms with E-state index >= 15 is 0 Å². The van der Waals surface area contributed by atoms with E-state index in [0.717, 1.165) is 31.1 Å². The lowest BCUT2D eigenvalue weighted by atomic mass is 9.85. The lowest BCUT2D eigenvalue weighted by Crippen LogP contribution is -2.40. The van der Waals surface area contributed by atoms with Crippen LogP contribution < -0.4 is 5.32 Å². The average molecular weight is 387 g/mol. The number of H-pyrrole nitrogens is 1. The zero-order valence-corrected chi connectivity index (χ0v) is 16.8. The van der Waals surface area contributed by atoms with E-state index in [1.165, 1.54) is 67.5 Å². The van der Waals surface area contributed by atoms with Gasteiger partial charge in [0.1, 0.15) is 0 Å². The Kier molecular flexibility index (Phi) is 6.24. The van der Waals surface area contributed by atoms with Gasteiger partial charge in [0.15, 0.2) is 0 Å². The van der Waals surface area contributed by atoms with Crippen molar-refractivity contribution < 1.29 is 4.79 Å². The number of piperidine rings is 1. The van der Waals surface area contributed by atoms with E-state index in [1.807, 2.05) is 23.7 Å². The van der Waals surface area contributed by atoms with E-state index < -0.39 is 0 Å². The Hall–Kier alpha value is -1.66. The molecule has 1 saturated carbocycles. The highest BCUT2D eigenvalue weighted by molar-refractivity contribution is 7.12. The van der Waals surface area contributed by atoms with Crippen LogP contribution in [0.15, 0.2) is 23.7 Å². The van der Waals surface area contributed by atoms with Gasteiger partial charge >= 0.3 is 0 Å². The molecule has 27 heavy (non-hydrogen) atoms. The van der Waals surface area contributed by atoms with Gasteiger partial charge in [-0.1, -0.05) is 25.3 Å². The lowest BCUT2D eigenvalue weighted by Gasteiger charge is -2.33. The van der Waals surface area contributed by atoms with Gasteiger partial charge < -0.3 is 5.32 Å². The zero-order valence-electron chi connectivity index (χ0n) is 16.0. The molecule has 2 aliphatic rings. The Balaban J connectivity index is 1.30. The maximum atomic E-state index is 12.2. The molecule has 2 N–H and O–H groups in total. The molecule has 0 spiro atoms. The third kappa shape index (κ3) is 4.79. The summed E-state index contributed by atoms with van der Waals surface area (Å²) >= 11 is 1.50. The molecule has 1 aliphatic heterocycles.